The summed E-state index contributed by atoms with van der Waals surface area (Å²) in [7, 11) is 1.75. The summed E-state index contributed by atoms with van der Waals surface area (Å²) < 4.78 is 5.27. The predicted octanol–water partition coefficient (Wildman–Crippen LogP) is 2.77. The van der Waals surface area contributed by atoms with Gasteiger partial charge >= 0.3 is 0 Å². The van der Waals surface area contributed by atoms with Crippen LogP contribution in [0.15, 0.2) is 0 Å². The highest BCUT2D eigenvalue weighted by Crippen LogP contribution is 2.19. The molecule has 0 saturated carbocycles. The normalized spacial score (nSPS) is 13.3. The van der Waals surface area contributed by atoms with Crippen molar-refractivity contribution < 1.29 is 4.74 Å². The van der Waals surface area contributed by atoms with E-state index in [9.17, 15) is 0 Å². The third-order valence-corrected chi connectivity index (χ3v) is 3.82. The van der Waals surface area contributed by atoms with Gasteiger partial charge in [-0.1, -0.05) is 13.8 Å². The minimum Gasteiger partial charge on any atom is -0.381 e. The van der Waals surface area contributed by atoms with Crippen LogP contribution >= 0.6 is 11.3 Å². The number of nitrogens with one attached hydrogen (secondary N) is 1. The first-order chi connectivity index (χ1) is 8.02. The molecule has 4 heteroatoms. The van der Waals surface area contributed by atoms with E-state index in [1.54, 1.807) is 18.4 Å². The molecule has 1 unspecified atom stereocenters. The lowest BCUT2D eigenvalue weighted by atomic mass is 10.2. The first-order valence-electron chi connectivity index (χ1n) is 6.21. The van der Waals surface area contributed by atoms with E-state index in [1.165, 1.54) is 9.88 Å². The Morgan fingerprint density at radius 3 is 2.65 bits per heavy atom. The second kappa shape index (κ2) is 7.09. The molecule has 17 heavy (non-hydrogen) atoms. The molecule has 98 valence electrons. The third-order valence-electron chi connectivity index (χ3n) is 2.64. The number of thiazole rings is 1. The van der Waals surface area contributed by atoms with Gasteiger partial charge < -0.3 is 10.1 Å². The monoisotopic (exact) mass is 256 g/mol. The minimum atomic E-state index is 0.247. The van der Waals surface area contributed by atoms with Gasteiger partial charge in [-0.3, -0.25) is 0 Å². The zero-order chi connectivity index (χ0) is 12.8. The van der Waals surface area contributed by atoms with Gasteiger partial charge in [0.05, 0.1) is 16.8 Å². The van der Waals surface area contributed by atoms with Crippen LogP contribution in [0.1, 0.15) is 36.3 Å². The zero-order valence-corrected chi connectivity index (χ0v) is 12.4. The number of rotatable bonds is 7. The number of hydrogen-bond donors (Lipinski definition) is 1. The minimum absolute atomic E-state index is 0.247. The van der Waals surface area contributed by atoms with Gasteiger partial charge in [-0.25, -0.2) is 4.98 Å². The molecule has 1 N–H and O–H groups in total. The highest BCUT2D eigenvalue weighted by molar-refractivity contribution is 7.11. The van der Waals surface area contributed by atoms with E-state index in [0.29, 0.717) is 5.92 Å². The van der Waals surface area contributed by atoms with Crippen LogP contribution in [0.25, 0.3) is 0 Å². The quantitative estimate of drug-likeness (QED) is 0.814. The van der Waals surface area contributed by atoms with Crippen LogP contribution in [0.5, 0.6) is 0 Å². The smallest absolute Gasteiger partial charge is 0.0957 e. The van der Waals surface area contributed by atoms with E-state index < -0.39 is 0 Å². The molecule has 1 heterocycles. The average Bonchev–Trinajstić information content (AvgIpc) is 2.58. The molecular formula is C13H24N2OS. The Kier molecular flexibility index (Phi) is 6.09. The second-order valence-corrected chi connectivity index (χ2v) is 6.06. The summed E-state index contributed by atoms with van der Waals surface area (Å²) >= 11 is 1.80. The van der Waals surface area contributed by atoms with Crippen LogP contribution in [-0.4, -0.2) is 24.7 Å². The molecule has 1 atom stereocenters. The largest absolute Gasteiger partial charge is 0.381 e. The van der Waals surface area contributed by atoms with Crippen LogP contribution in [0.2, 0.25) is 0 Å². The molecule has 0 radical (unpaired) electrons. The highest BCUT2D eigenvalue weighted by atomic mass is 32.1. The number of nitrogens with zero attached hydrogens (tertiary/aromatic N) is 1. The van der Waals surface area contributed by atoms with Crippen molar-refractivity contribution in [1.29, 1.82) is 0 Å². The van der Waals surface area contributed by atoms with Crippen molar-refractivity contribution in [3.05, 3.63) is 15.6 Å². The number of ether oxygens (including phenoxy) is 1. The van der Waals surface area contributed by atoms with E-state index >= 15 is 0 Å². The van der Waals surface area contributed by atoms with Crippen molar-refractivity contribution in [2.45, 2.75) is 46.8 Å². The molecule has 0 aliphatic heterocycles. The number of aromatic nitrogens is 1. The Hall–Kier alpha value is -0.450. The SMILES string of the molecule is COC(C)Cc1nc(C)c(CNCC(C)C)s1. The zero-order valence-electron chi connectivity index (χ0n) is 11.5. The summed E-state index contributed by atoms with van der Waals surface area (Å²) in [5.74, 6) is 0.691. The summed E-state index contributed by atoms with van der Waals surface area (Å²) in [4.78, 5) is 5.95. The van der Waals surface area contributed by atoms with Crippen LogP contribution in [0.3, 0.4) is 0 Å². The Morgan fingerprint density at radius 2 is 2.06 bits per heavy atom. The Morgan fingerprint density at radius 1 is 1.35 bits per heavy atom. The van der Waals surface area contributed by atoms with Crippen LogP contribution in [0, 0.1) is 12.8 Å². The summed E-state index contributed by atoms with van der Waals surface area (Å²) in [6, 6.07) is 0. The molecule has 0 bridgehead atoms. The van der Waals surface area contributed by atoms with Crippen LogP contribution < -0.4 is 5.32 Å². The molecule has 0 saturated heterocycles. The fourth-order valence-corrected chi connectivity index (χ4v) is 2.70. The molecule has 0 spiro atoms. The van der Waals surface area contributed by atoms with Gasteiger partial charge in [0.2, 0.25) is 0 Å². The standard InChI is InChI=1S/C13H24N2OS/c1-9(2)7-14-8-12-11(4)15-13(17-12)6-10(3)16-5/h9-10,14H,6-8H2,1-5H3. The van der Waals surface area contributed by atoms with Gasteiger partial charge in [0.1, 0.15) is 0 Å². The second-order valence-electron chi connectivity index (χ2n) is 4.89. The Bertz CT molecular complexity index is 336. The molecule has 0 aliphatic carbocycles. The van der Waals surface area contributed by atoms with E-state index in [1.807, 2.05) is 0 Å². The number of aryl methyl sites for hydroxylation is 1. The molecule has 1 aromatic rings. The Labute approximate surface area is 109 Å². The van der Waals surface area contributed by atoms with Gasteiger partial charge in [-0.15, -0.1) is 11.3 Å². The number of hydrogen-bond acceptors (Lipinski definition) is 4. The maximum absolute atomic E-state index is 5.27. The lowest BCUT2D eigenvalue weighted by molar-refractivity contribution is 0.118. The van der Waals surface area contributed by atoms with Crippen molar-refractivity contribution in [2.75, 3.05) is 13.7 Å². The summed E-state index contributed by atoms with van der Waals surface area (Å²) in [6.45, 7) is 10.6. The molecule has 0 aliphatic rings. The summed E-state index contributed by atoms with van der Waals surface area (Å²) in [6.07, 6.45) is 1.16. The van der Waals surface area contributed by atoms with Crippen molar-refractivity contribution in [3.63, 3.8) is 0 Å². The van der Waals surface area contributed by atoms with Gasteiger partial charge in [0.25, 0.3) is 0 Å². The van der Waals surface area contributed by atoms with Crippen molar-refractivity contribution in [1.82, 2.24) is 10.3 Å². The third kappa shape index (κ3) is 5.15. The highest BCUT2D eigenvalue weighted by Gasteiger charge is 2.10. The van der Waals surface area contributed by atoms with Gasteiger partial charge in [-0.2, -0.15) is 0 Å². The topological polar surface area (TPSA) is 34.1 Å². The van der Waals surface area contributed by atoms with E-state index in [4.69, 9.17) is 4.74 Å². The van der Waals surface area contributed by atoms with E-state index in [-0.39, 0.29) is 6.10 Å². The fourth-order valence-electron chi connectivity index (χ4n) is 1.54. The molecule has 0 aromatic carbocycles. The van der Waals surface area contributed by atoms with E-state index in [0.717, 1.165) is 25.2 Å². The van der Waals surface area contributed by atoms with Gasteiger partial charge in [0.15, 0.2) is 0 Å². The molecule has 0 fully saturated rings. The van der Waals surface area contributed by atoms with Gasteiger partial charge in [0, 0.05) is 25.0 Å². The van der Waals surface area contributed by atoms with Crippen LogP contribution in [-0.2, 0) is 17.7 Å². The van der Waals surface area contributed by atoms with Crippen molar-refractivity contribution >= 4 is 11.3 Å². The predicted molar refractivity (Wildman–Crippen MR) is 73.6 cm³/mol. The van der Waals surface area contributed by atoms with Crippen molar-refractivity contribution in [2.24, 2.45) is 5.92 Å². The van der Waals surface area contributed by atoms with Crippen molar-refractivity contribution in [3.8, 4) is 0 Å². The summed E-state index contributed by atoms with van der Waals surface area (Å²) in [5, 5.41) is 4.64. The fraction of sp³-hybridized carbons (Fsp3) is 0.769. The molecule has 3 nitrogen and oxygen atoms in total. The average molecular weight is 256 g/mol. The van der Waals surface area contributed by atoms with Crippen LogP contribution in [0.4, 0.5) is 0 Å². The van der Waals surface area contributed by atoms with E-state index in [2.05, 4.69) is 38.0 Å². The molecule has 0 amide bonds. The molecular weight excluding hydrogens is 232 g/mol. The first kappa shape index (κ1) is 14.6. The molecule has 1 aromatic heterocycles. The molecule has 1 rings (SSSR count). The lowest BCUT2D eigenvalue weighted by Crippen LogP contribution is -2.18. The lowest BCUT2D eigenvalue weighted by Gasteiger charge is -2.06. The maximum Gasteiger partial charge on any atom is 0.0957 e. The van der Waals surface area contributed by atoms with Gasteiger partial charge in [-0.05, 0) is 26.3 Å². The summed E-state index contributed by atoms with van der Waals surface area (Å²) in [5.41, 5.74) is 1.16. The number of methoxy groups -OCH3 is 1. The first-order valence-corrected chi connectivity index (χ1v) is 7.03. The maximum atomic E-state index is 5.27. The Balaban J connectivity index is 2.50.